The van der Waals surface area contributed by atoms with E-state index in [0.717, 1.165) is 23.5 Å². The minimum absolute atomic E-state index is 0.00546. The maximum Gasteiger partial charge on any atom is 0.261 e. The summed E-state index contributed by atoms with van der Waals surface area (Å²) in [5.74, 6) is 0.748. The molecular formula is C16H16ClNO2S. The van der Waals surface area contributed by atoms with Gasteiger partial charge < -0.3 is 10.1 Å². The first-order valence-electron chi connectivity index (χ1n) is 7.00. The number of carbonyl (C=O) groups is 1. The van der Waals surface area contributed by atoms with E-state index < -0.39 is 0 Å². The van der Waals surface area contributed by atoms with Crippen LogP contribution in [0.1, 0.15) is 26.5 Å². The Kier molecular flexibility index (Phi) is 4.46. The Labute approximate surface area is 132 Å². The second kappa shape index (κ2) is 6.50. The van der Waals surface area contributed by atoms with Crippen LogP contribution in [0.2, 0.25) is 5.02 Å². The Hall–Kier alpha value is -1.52. The number of hydrogen-bond acceptors (Lipinski definition) is 3. The van der Waals surface area contributed by atoms with E-state index in [0.29, 0.717) is 18.2 Å². The maximum atomic E-state index is 12.0. The van der Waals surface area contributed by atoms with Gasteiger partial charge >= 0.3 is 0 Å². The highest BCUT2D eigenvalue weighted by Crippen LogP contribution is 2.30. The van der Waals surface area contributed by atoms with Crippen LogP contribution >= 0.6 is 22.9 Å². The summed E-state index contributed by atoms with van der Waals surface area (Å²) in [4.78, 5) is 14.2. The van der Waals surface area contributed by atoms with Gasteiger partial charge in [0, 0.05) is 9.90 Å². The van der Waals surface area contributed by atoms with Crippen LogP contribution in [0.15, 0.2) is 30.3 Å². The van der Waals surface area contributed by atoms with Crippen LogP contribution in [0.4, 0.5) is 0 Å². The van der Waals surface area contributed by atoms with Gasteiger partial charge in [0.1, 0.15) is 12.4 Å². The van der Waals surface area contributed by atoms with E-state index in [1.165, 1.54) is 16.9 Å². The van der Waals surface area contributed by atoms with Gasteiger partial charge in [0.15, 0.2) is 0 Å². The van der Waals surface area contributed by atoms with E-state index in [-0.39, 0.29) is 5.91 Å². The van der Waals surface area contributed by atoms with Crippen LogP contribution in [-0.2, 0) is 12.8 Å². The van der Waals surface area contributed by atoms with Gasteiger partial charge in [-0.15, -0.1) is 11.3 Å². The zero-order valence-electron chi connectivity index (χ0n) is 11.5. The molecule has 1 N–H and O–H groups in total. The van der Waals surface area contributed by atoms with Gasteiger partial charge in [-0.25, -0.2) is 0 Å². The lowest BCUT2D eigenvalue weighted by atomic mass is 10.2. The Morgan fingerprint density at radius 2 is 2.10 bits per heavy atom. The van der Waals surface area contributed by atoms with Crippen LogP contribution < -0.4 is 10.1 Å². The molecule has 0 fully saturated rings. The molecule has 1 amide bonds. The fourth-order valence-corrected chi connectivity index (χ4v) is 3.69. The Bertz CT molecular complexity index is 615. The third-order valence-corrected chi connectivity index (χ3v) is 4.93. The predicted octanol–water partition coefficient (Wildman–Crippen LogP) is 3.70. The lowest BCUT2D eigenvalue weighted by molar-refractivity contribution is 0.0951. The zero-order valence-corrected chi connectivity index (χ0v) is 13.1. The lowest BCUT2D eigenvalue weighted by Gasteiger charge is -2.07. The molecule has 21 heavy (non-hydrogen) atoms. The Morgan fingerprint density at radius 3 is 2.86 bits per heavy atom. The second-order valence-electron chi connectivity index (χ2n) is 4.97. The first-order valence-corrected chi connectivity index (χ1v) is 8.20. The highest BCUT2D eigenvalue weighted by molar-refractivity contribution is 7.14. The van der Waals surface area contributed by atoms with Crippen LogP contribution in [0.25, 0.3) is 0 Å². The SMILES string of the molecule is O=C(NCCOc1ccc(Cl)cc1)c1cc2c(s1)CCC2. The molecule has 0 saturated carbocycles. The smallest absolute Gasteiger partial charge is 0.261 e. The Morgan fingerprint density at radius 1 is 1.29 bits per heavy atom. The average Bonchev–Trinajstić information content (AvgIpc) is 3.06. The Balaban J connectivity index is 1.44. The van der Waals surface area contributed by atoms with E-state index in [9.17, 15) is 4.79 Å². The largest absolute Gasteiger partial charge is 0.492 e. The molecule has 0 aliphatic heterocycles. The molecule has 110 valence electrons. The van der Waals surface area contributed by atoms with Crippen molar-refractivity contribution < 1.29 is 9.53 Å². The van der Waals surface area contributed by atoms with Crippen LogP contribution in [0, 0.1) is 0 Å². The number of fused-ring (bicyclic) bond motifs is 1. The number of benzene rings is 1. The molecule has 0 spiro atoms. The van der Waals surface area contributed by atoms with Gasteiger partial charge in [-0.1, -0.05) is 11.6 Å². The van der Waals surface area contributed by atoms with Crippen molar-refractivity contribution in [3.8, 4) is 5.75 Å². The summed E-state index contributed by atoms with van der Waals surface area (Å²) in [6.45, 7) is 0.933. The van der Waals surface area contributed by atoms with Crippen molar-refractivity contribution in [3.63, 3.8) is 0 Å². The van der Waals surface area contributed by atoms with Crippen molar-refractivity contribution in [1.82, 2.24) is 5.32 Å². The number of nitrogens with one attached hydrogen (secondary N) is 1. The van der Waals surface area contributed by atoms with E-state index in [1.54, 1.807) is 23.5 Å². The molecule has 5 heteroatoms. The number of hydrogen-bond donors (Lipinski definition) is 1. The van der Waals surface area contributed by atoms with Gasteiger partial charge in [0.25, 0.3) is 5.91 Å². The van der Waals surface area contributed by atoms with Crippen molar-refractivity contribution in [2.24, 2.45) is 0 Å². The minimum Gasteiger partial charge on any atom is -0.492 e. The van der Waals surface area contributed by atoms with Gasteiger partial charge in [-0.2, -0.15) is 0 Å². The first kappa shape index (κ1) is 14.4. The first-order chi connectivity index (χ1) is 10.2. The average molecular weight is 322 g/mol. The summed E-state index contributed by atoms with van der Waals surface area (Å²) in [6, 6.07) is 9.22. The van der Waals surface area contributed by atoms with Crippen molar-refractivity contribution >= 4 is 28.8 Å². The third-order valence-electron chi connectivity index (χ3n) is 3.44. The second-order valence-corrected chi connectivity index (χ2v) is 6.54. The highest BCUT2D eigenvalue weighted by atomic mass is 35.5. The highest BCUT2D eigenvalue weighted by Gasteiger charge is 2.18. The summed E-state index contributed by atoms with van der Waals surface area (Å²) >= 11 is 7.42. The summed E-state index contributed by atoms with van der Waals surface area (Å²) < 4.78 is 5.54. The third kappa shape index (κ3) is 3.57. The van der Waals surface area contributed by atoms with Crippen molar-refractivity contribution in [2.45, 2.75) is 19.3 Å². The standard InChI is InChI=1S/C16H16ClNO2S/c17-12-4-6-13(7-5-12)20-9-8-18-16(19)15-10-11-2-1-3-14(11)21-15/h4-7,10H,1-3,8-9H2,(H,18,19). The zero-order chi connectivity index (χ0) is 14.7. The van der Waals surface area contributed by atoms with Gasteiger partial charge in [0.05, 0.1) is 11.4 Å². The number of aryl methyl sites for hydroxylation is 2. The summed E-state index contributed by atoms with van der Waals surface area (Å²) in [7, 11) is 0. The predicted molar refractivity (Wildman–Crippen MR) is 85.6 cm³/mol. The molecule has 0 saturated heterocycles. The van der Waals surface area contributed by atoms with Gasteiger partial charge in [-0.3, -0.25) is 4.79 Å². The molecule has 1 heterocycles. The summed E-state index contributed by atoms with van der Waals surface area (Å²) in [5.41, 5.74) is 1.35. The molecule has 1 aliphatic rings. The molecule has 3 rings (SSSR count). The molecule has 0 radical (unpaired) electrons. The molecule has 1 aromatic carbocycles. The maximum absolute atomic E-state index is 12.0. The quantitative estimate of drug-likeness (QED) is 0.853. The van der Waals surface area contributed by atoms with Crippen LogP contribution in [0.5, 0.6) is 5.75 Å². The normalized spacial score (nSPS) is 13.0. The molecule has 0 unspecified atom stereocenters. The van der Waals surface area contributed by atoms with Crippen LogP contribution in [-0.4, -0.2) is 19.1 Å². The van der Waals surface area contributed by atoms with Crippen molar-refractivity contribution in [2.75, 3.05) is 13.2 Å². The van der Waals surface area contributed by atoms with E-state index >= 15 is 0 Å². The molecule has 3 nitrogen and oxygen atoms in total. The minimum atomic E-state index is -0.00546. The number of thiophene rings is 1. The number of halogens is 1. The topological polar surface area (TPSA) is 38.3 Å². The van der Waals surface area contributed by atoms with Crippen molar-refractivity contribution in [3.05, 3.63) is 50.7 Å². The number of ether oxygens (including phenoxy) is 1. The number of rotatable bonds is 5. The van der Waals surface area contributed by atoms with Crippen molar-refractivity contribution in [1.29, 1.82) is 0 Å². The number of carbonyl (C=O) groups excluding carboxylic acids is 1. The van der Waals surface area contributed by atoms with E-state index in [1.807, 2.05) is 18.2 Å². The summed E-state index contributed by atoms with van der Waals surface area (Å²) in [5, 5.41) is 3.57. The molecule has 1 aliphatic carbocycles. The fourth-order valence-electron chi connectivity index (χ4n) is 2.39. The summed E-state index contributed by atoms with van der Waals surface area (Å²) in [6.07, 6.45) is 3.45. The van der Waals surface area contributed by atoms with E-state index in [4.69, 9.17) is 16.3 Å². The van der Waals surface area contributed by atoms with Gasteiger partial charge in [-0.05, 0) is 55.2 Å². The lowest BCUT2D eigenvalue weighted by Crippen LogP contribution is -2.27. The van der Waals surface area contributed by atoms with Gasteiger partial charge in [0.2, 0.25) is 0 Å². The molecule has 0 atom stereocenters. The van der Waals surface area contributed by atoms with E-state index in [2.05, 4.69) is 5.32 Å². The molecule has 1 aromatic heterocycles. The molecule has 0 bridgehead atoms. The number of amides is 1. The monoisotopic (exact) mass is 321 g/mol. The molecule has 2 aromatic rings. The van der Waals surface area contributed by atoms with Crippen LogP contribution in [0.3, 0.4) is 0 Å². The fraction of sp³-hybridized carbons (Fsp3) is 0.312. The molecular weight excluding hydrogens is 306 g/mol.